The Labute approximate surface area is 176 Å². The number of esters is 1. The standard InChI is InChI=1S/C22H21BrN2O4/c1-2-3-12-29-22(28)15-4-7-17(8-5-15)24-21(27)14-25-11-10-20(26)18-13-16(23)6-9-19(18)25/h4-11,13H,2-3,12,14H2,1H3,(H,24,27). The first-order valence-electron chi connectivity index (χ1n) is 9.33. The highest BCUT2D eigenvalue weighted by molar-refractivity contribution is 9.10. The molecule has 0 unspecified atom stereocenters. The molecule has 29 heavy (non-hydrogen) atoms. The normalized spacial score (nSPS) is 10.7. The molecule has 1 amide bonds. The molecule has 0 saturated heterocycles. The average Bonchev–Trinajstić information content (AvgIpc) is 2.71. The van der Waals surface area contributed by atoms with Crippen LogP contribution in [0.2, 0.25) is 0 Å². The van der Waals surface area contributed by atoms with Gasteiger partial charge in [-0.1, -0.05) is 29.3 Å². The molecule has 3 rings (SSSR count). The highest BCUT2D eigenvalue weighted by Gasteiger charge is 2.10. The molecule has 150 valence electrons. The summed E-state index contributed by atoms with van der Waals surface area (Å²) in [5.74, 6) is -0.613. The van der Waals surface area contributed by atoms with Gasteiger partial charge in [-0.2, -0.15) is 0 Å². The van der Waals surface area contributed by atoms with Gasteiger partial charge in [-0.15, -0.1) is 0 Å². The molecule has 3 aromatic rings. The fourth-order valence-corrected chi connectivity index (χ4v) is 3.22. The summed E-state index contributed by atoms with van der Waals surface area (Å²) in [5.41, 5.74) is 1.60. The zero-order valence-corrected chi connectivity index (χ0v) is 17.6. The molecule has 0 aliphatic heterocycles. The van der Waals surface area contributed by atoms with Crippen molar-refractivity contribution in [3.05, 3.63) is 75.0 Å². The van der Waals surface area contributed by atoms with Crippen LogP contribution in [0.15, 0.2) is 64.0 Å². The van der Waals surface area contributed by atoms with Gasteiger partial charge in [0.05, 0.1) is 17.7 Å². The number of unbranched alkanes of at least 4 members (excludes halogenated alkanes) is 1. The first-order chi connectivity index (χ1) is 14.0. The van der Waals surface area contributed by atoms with E-state index in [4.69, 9.17) is 4.74 Å². The topological polar surface area (TPSA) is 77.4 Å². The van der Waals surface area contributed by atoms with E-state index >= 15 is 0 Å². The van der Waals surface area contributed by atoms with Crippen molar-refractivity contribution in [1.82, 2.24) is 4.57 Å². The van der Waals surface area contributed by atoms with Crippen molar-refractivity contribution in [1.29, 1.82) is 0 Å². The summed E-state index contributed by atoms with van der Waals surface area (Å²) in [6.07, 6.45) is 3.39. The van der Waals surface area contributed by atoms with Gasteiger partial charge in [0.2, 0.25) is 5.91 Å². The number of amides is 1. The summed E-state index contributed by atoms with van der Waals surface area (Å²) in [6, 6.07) is 13.4. The number of fused-ring (bicyclic) bond motifs is 1. The fraction of sp³-hybridized carbons (Fsp3) is 0.227. The molecular weight excluding hydrogens is 436 g/mol. The number of ether oxygens (including phenoxy) is 1. The van der Waals surface area contributed by atoms with Gasteiger partial charge >= 0.3 is 5.97 Å². The number of hydrogen-bond donors (Lipinski definition) is 1. The van der Waals surface area contributed by atoms with Crippen molar-refractivity contribution in [3.63, 3.8) is 0 Å². The van der Waals surface area contributed by atoms with Crippen LogP contribution in [0.25, 0.3) is 10.9 Å². The van der Waals surface area contributed by atoms with Crippen molar-refractivity contribution in [3.8, 4) is 0 Å². The number of aromatic nitrogens is 1. The van der Waals surface area contributed by atoms with Gasteiger partial charge < -0.3 is 14.6 Å². The number of carbonyl (C=O) groups is 2. The maximum atomic E-state index is 12.5. The van der Waals surface area contributed by atoms with Crippen molar-refractivity contribution >= 4 is 44.4 Å². The number of hydrogen-bond acceptors (Lipinski definition) is 4. The molecule has 1 heterocycles. The Kier molecular flexibility index (Phi) is 6.82. The van der Waals surface area contributed by atoms with Crippen molar-refractivity contribution in [2.75, 3.05) is 11.9 Å². The zero-order valence-electron chi connectivity index (χ0n) is 16.0. The smallest absolute Gasteiger partial charge is 0.338 e. The zero-order chi connectivity index (χ0) is 20.8. The second-order valence-electron chi connectivity index (χ2n) is 6.58. The first kappa shape index (κ1) is 20.8. The van der Waals surface area contributed by atoms with Gasteiger partial charge in [0, 0.05) is 27.8 Å². The molecule has 0 radical (unpaired) electrons. The Bertz CT molecular complexity index is 1090. The SMILES string of the molecule is CCCCOC(=O)c1ccc(NC(=O)Cn2ccc(=O)c3cc(Br)ccc32)cc1. The van der Waals surface area contributed by atoms with Gasteiger partial charge in [-0.3, -0.25) is 9.59 Å². The third-order valence-corrected chi connectivity index (χ3v) is 4.88. The number of rotatable bonds is 7. The minimum atomic E-state index is -0.373. The monoisotopic (exact) mass is 456 g/mol. The van der Waals surface area contributed by atoms with Gasteiger partial charge in [-0.05, 0) is 48.9 Å². The lowest BCUT2D eigenvalue weighted by Gasteiger charge is -2.11. The summed E-state index contributed by atoms with van der Waals surface area (Å²) in [6.45, 7) is 2.48. The molecule has 1 N–H and O–H groups in total. The van der Waals surface area contributed by atoms with E-state index in [1.807, 2.05) is 13.0 Å². The van der Waals surface area contributed by atoms with Crippen molar-refractivity contribution in [2.24, 2.45) is 0 Å². The summed E-state index contributed by atoms with van der Waals surface area (Å²) in [5, 5.41) is 3.34. The van der Waals surface area contributed by atoms with Crippen molar-refractivity contribution in [2.45, 2.75) is 26.3 Å². The van der Waals surface area contributed by atoms with E-state index in [-0.39, 0.29) is 23.9 Å². The molecule has 6 nitrogen and oxygen atoms in total. The molecule has 0 aliphatic carbocycles. The summed E-state index contributed by atoms with van der Waals surface area (Å²) >= 11 is 3.36. The maximum absolute atomic E-state index is 12.5. The summed E-state index contributed by atoms with van der Waals surface area (Å²) in [4.78, 5) is 36.4. The molecule has 0 aliphatic rings. The number of halogens is 1. The van der Waals surface area contributed by atoms with Crippen LogP contribution in [0, 0.1) is 0 Å². The Morgan fingerprint density at radius 1 is 1.10 bits per heavy atom. The van der Waals surface area contributed by atoms with Gasteiger partial charge in [-0.25, -0.2) is 4.79 Å². The lowest BCUT2D eigenvalue weighted by molar-refractivity contribution is -0.116. The Hall–Kier alpha value is -2.93. The van der Waals surface area contributed by atoms with Gasteiger partial charge in [0.25, 0.3) is 0 Å². The number of benzene rings is 2. The lowest BCUT2D eigenvalue weighted by atomic mass is 10.2. The van der Waals surface area contributed by atoms with Crippen LogP contribution >= 0.6 is 15.9 Å². The van der Waals surface area contributed by atoms with Gasteiger partial charge in [0.1, 0.15) is 6.54 Å². The van der Waals surface area contributed by atoms with E-state index in [2.05, 4.69) is 21.2 Å². The predicted molar refractivity (Wildman–Crippen MR) is 116 cm³/mol. The van der Waals surface area contributed by atoms with Crippen molar-refractivity contribution < 1.29 is 14.3 Å². The van der Waals surface area contributed by atoms with E-state index in [0.29, 0.717) is 28.8 Å². The minimum Gasteiger partial charge on any atom is -0.462 e. The van der Waals surface area contributed by atoms with Crippen LogP contribution < -0.4 is 10.7 Å². The Morgan fingerprint density at radius 2 is 1.86 bits per heavy atom. The second-order valence-corrected chi connectivity index (χ2v) is 7.50. The van der Waals surface area contributed by atoms with E-state index in [9.17, 15) is 14.4 Å². The van der Waals surface area contributed by atoms with Gasteiger partial charge in [0.15, 0.2) is 5.43 Å². The van der Waals surface area contributed by atoms with Crippen LogP contribution in [0.5, 0.6) is 0 Å². The number of nitrogens with one attached hydrogen (secondary N) is 1. The average molecular weight is 457 g/mol. The van der Waals surface area contributed by atoms with E-state index in [1.165, 1.54) is 6.07 Å². The van der Waals surface area contributed by atoms with Crippen LogP contribution in [0.4, 0.5) is 5.69 Å². The fourth-order valence-electron chi connectivity index (χ4n) is 2.86. The molecule has 2 aromatic carbocycles. The molecule has 0 spiro atoms. The van der Waals surface area contributed by atoms with E-state index in [0.717, 1.165) is 17.3 Å². The molecule has 1 aromatic heterocycles. The molecule has 0 fully saturated rings. The molecule has 0 atom stereocenters. The first-order valence-corrected chi connectivity index (χ1v) is 10.1. The van der Waals surface area contributed by atoms with E-state index < -0.39 is 0 Å². The number of nitrogens with zero attached hydrogens (tertiary/aromatic N) is 1. The highest BCUT2D eigenvalue weighted by Crippen LogP contribution is 2.17. The summed E-state index contributed by atoms with van der Waals surface area (Å²) < 4.78 is 7.69. The Morgan fingerprint density at radius 3 is 2.59 bits per heavy atom. The van der Waals surface area contributed by atoms with Crippen LogP contribution in [-0.4, -0.2) is 23.1 Å². The van der Waals surface area contributed by atoms with Crippen LogP contribution in [0.3, 0.4) is 0 Å². The number of anilines is 1. The lowest BCUT2D eigenvalue weighted by Crippen LogP contribution is -2.20. The van der Waals surface area contributed by atoms with E-state index in [1.54, 1.807) is 47.2 Å². The Balaban J connectivity index is 1.67. The largest absolute Gasteiger partial charge is 0.462 e. The summed E-state index contributed by atoms with van der Waals surface area (Å²) in [7, 11) is 0. The third-order valence-electron chi connectivity index (χ3n) is 4.39. The minimum absolute atomic E-state index is 0.0548. The quantitative estimate of drug-likeness (QED) is 0.423. The molecule has 0 bridgehead atoms. The van der Waals surface area contributed by atoms with Crippen LogP contribution in [0.1, 0.15) is 30.1 Å². The molecule has 0 saturated carbocycles. The number of carbonyl (C=O) groups excluding carboxylic acids is 2. The maximum Gasteiger partial charge on any atom is 0.338 e. The number of pyridine rings is 1. The molecule has 7 heteroatoms. The predicted octanol–water partition coefficient (Wildman–Crippen LogP) is 4.36. The highest BCUT2D eigenvalue weighted by atomic mass is 79.9. The third kappa shape index (κ3) is 5.32. The van der Waals surface area contributed by atoms with Crippen LogP contribution in [-0.2, 0) is 16.1 Å². The molecular formula is C22H21BrN2O4. The second kappa shape index (κ2) is 9.52.